The van der Waals surface area contributed by atoms with Crippen LogP contribution in [0.3, 0.4) is 0 Å². The van der Waals surface area contributed by atoms with Crippen LogP contribution in [0.1, 0.15) is 6.92 Å². The minimum atomic E-state index is -0.159. The summed E-state index contributed by atoms with van der Waals surface area (Å²) >= 11 is 0. The van der Waals surface area contributed by atoms with Crippen molar-refractivity contribution in [3.8, 4) is 0 Å². The van der Waals surface area contributed by atoms with E-state index in [2.05, 4.69) is 26.8 Å². The Bertz CT molecular complexity index is 603. The first kappa shape index (κ1) is 12.0. The number of nitrogens with two attached hydrogens (primary N) is 1. The number of nitrogens with zero attached hydrogens (tertiary/aromatic N) is 4. The van der Waals surface area contributed by atoms with Gasteiger partial charge in [0.2, 0.25) is 5.91 Å². The molecular weight excluding hydrogens is 232 g/mol. The Kier molecular flexibility index (Phi) is 3.22. The van der Waals surface area contributed by atoms with Crippen LogP contribution in [0.5, 0.6) is 0 Å². The molecule has 0 aliphatic heterocycles. The molecule has 0 aliphatic carbocycles. The predicted octanol–water partition coefficient (Wildman–Crippen LogP) is 0.101. The number of carbonyl (C=O) groups excluding carboxylic acids is 1. The summed E-state index contributed by atoms with van der Waals surface area (Å²) in [6.45, 7) is 6.26. The molecule has 2 rings (SSSR count). The zero-order valence-electron chi connectivity index (χ0n) is 10.1. The van der Waals surface area contributed by atoms with Crippen LogP contribution in [0.4, 0.5) is 5.82 Å². The van der Waals surface area contributed by atoms with Crippen molar-refractivity contribution >= 4 is 22.9 Å². The number of fused-ring (bicyclic) bond motifs is 1. The van der Waals surface area contributed by atoms with E-state index in [-0.39, 0.29) is 5.91 Å². The smallest absolute Gasteiger partial charge is 0.246 e. The normalized spacial score (nSPS) is 10.5. The molecule has 7 heteroatoms. The fourth-order valence-corrected chi connectivity index (χ4v) is 1.50. The van der Waals surface area contributed by atoms with Crippen LogP contribution in [-0.4, -0.2) is 32.0 Å². The highest BCUT2D eigenvalue weighted by atomic mass is 16.1. The SMILES string of the molecule is C=C(C)C(=O)NCCn1cnc2c(N)ncnc21. The minimum absolute atomic E-state index is 0.159. The Morgan fingerprint density at radius 1 is 1.50 bits per heavy atom. The van der Waals surface area contributed by atoms with Gasteiger partial charge in [0, 0.05) is 18.7 Å². The highest BCUT2D eigenvalue weighted by Crippen LogP contribution is 2.13. The molecule has 18 heavy (non-hydrogen) atoms. The zero-order chi connectivity index (χ0) is 13.1. The van der Waals surface area contributed by atoms with Gasteiger partial charge in [0.25, 0.3) is 0 Å². The van der Waals surface area contributed by atoms with E-state index in [1.165, 1.54) is 6.33 Å². The van der Waals surface area contributed by atoms with E-state index in [0.717, 1.165) is 0 Å². The van der Waals surface area contributed by atoms with E-state index < -0.39 is 0 Å². The number of anilines is 1. The molecule has 94 valence electrons. The maximum atomic E-state index is 11.3. The molecule has 0 unspecified atom stereocenters. The number of imidazole rings is 1. The summed E-state index contributed by atoms with van der Waals surface area (Å²) in [5, 5.41) is 2.74. The largest absolute Gasteiger partial charge is 0.382 e. The monoisotopic (exact) mass is 246 g/mol. The lowest BCUT2D eigenvalue weighted by molar-refractivity contribution is -0.117. The average molecular weight is 246 g/mol. The van der Waals surface area contributed by atoms with Crippen molar-refractivity contribution in [1.82, 2.24) is 24.8 Å². The van der Waals surface area contributed by atoms with Crippen molar-refractivity contribution in [3.05, 3.63) is 24.8 Å². The Morgan fingerprint density at radius 3 is 3.00 bits per heavy atom. The number of carbonyl (C=O) groups is 1. The molecule has 2 aromatic heterocycles. The minimum Gasteiger partial charge on any atom is -0.382 e. The van der Waals surface area contributed by atoms with Gasteiger partial charge < -0.3 is 15.6 Å². The highest BCUT2D eigenvalue weighted by Gasteiger charge is 2.07. The van der Waals surface area contributed by atoms with Crippen LogP contribution in [0.2, 0.25) is 0 Å². The lowest BCUT2D eigenvalue weighted by Gasteiger charge is -2.05. The third-order valence-corrected chi connectivity index (χ3v) is 2.46. The van der Waals surface area contributed by atoms with Crippen LogP contribution in [0.15, 0.2) is 24.8 Å². The Hall–Kier alpha value is -2.44. The van der Waals surface area contributed by atoms with E-state index >= 15 is 0 Å². The predicted molar refractivity (Wildman–Crippen MR) is 67.6 cm³/mol. The molecule has 2 heterocycles. The number of rotatable bonds is 4. The molecule has 0 bridgehead atoms. The van der Waals surface area contributed by atoms with Gasteiger partial charge in [-0.2, -0.15) is 0 Å². The molecule has 0 fully saturated rings. The van der Waals surface area contributed by atoms with Gasteiger partial charge in [-0.25, -0.2) is 15.0 Å². The molecule has 0 saturated heterocycles. The second-order valence-electron chi connectivity index (χ2n) is 3.91. The summed E-state index contributed by atoms with van der Waals surface area (Å²) in [7, 11) is 0. The molecular formula is C11H14N6O. The van der Waals surface area contributed by atoms with Crippen LogP contribution in [0.25, 0.3) is 11.2 Å². The summed E-state index contributed by atoms with van der Waals surface area (Å²) < 4.78 is 1.81. The van der Waals surface area contributed by atoms with Crippen LogP contribution < -0.4 is 11.1 Å². The summed E-state index contributed by atoms with van der Waals surface area (Å²) in [6, 6.07) is 0. The van der Waals surface area contributed by atoms with Gasteiger partial charge in [0.1, 0.15) is 11.8 Å². The summed E-state index contributed by atoms with van der Waals surface area (Å²) in [4.78, 5) is 23.4. The Balaban J connectivity index is 2.07. The fraction of sp³-hybridized carbons (Fsp3) is 0.273. The molecule has 0 atom stereocenters. The molecule has 0 aromatic carbocycles. The first-order valence-corrected chi connectivity index (χ1v) is 5.44. The molecule has 0 aliphatic rings. The first-order chi connectivity index (χ1) is 8.59. The highest BCUT2D eigenvalue weighted by molar-refractivity contribution is 5.92. The van der Waals surface area contributed by atoms with Gasteiger partial charge in [0.05, 0.1) is 6.33 Å². The van der Waals surface area contributed by atoms with Crippen LogP contribution in [-0.2, 0) is 11.3 Å². The number of amides is 1. The van der Waals surface area contributed by atoms with Gasteiger partial charge in [0.15, 0.2) is 11.5 Å². The van der Waals surface area contributed by atoms with Crippen LogP contribution >= 0.6 is 0 Å². The van der Waals surface area contributed by atoms with Gasteiger partial charge in [-0.15, -0.1) is 0 Å². The summed E-state index contributed by atoms with van der Waals surface area (Å²) in [6.07, 6.45) is 3.02. The van der Waals surface area contributed by atoms with Gasteiger partial charge in [-0.3, -0.25) is 4.79 Å². The second kappa shape index (κ2) is 4.82. The van der Waals surface area contributed by atoms with Crippen molar-refractivity contribution in [2.75, 3.05) is 12.3 Å². The zero-order valence-corrected chi connectivity index (χ0v) is 10.1. The molecule has 2 aromatic rings. The lowest BCUT2D eigenvalue weighted by Crippen LogP contribution is -2.27. The van der Waals surface area contributed by atoms with Crippen molar-refractivity contribution in [2.45, 2.75) is 13.5 Å². The second-order valence-corrected chi connectivity index (χ2v) is 3.91. The van der Waals surface area contributed by atoms with E-state index in [1.807, 2.05) is 4.57 Å². The standard InChI is InChI=1S/C11H14N6O/c1-7(2)11(18)13-3-4-17-6-16-8-9(12)14-5-15-10(8)17/h5-6H,1,3-4H2,2H3,(H,13,18)(H2,12,14,15). The number of nitrogens with one attached hydrogen (secondary N) is 1. The fourth-order valence-electron chi connectivity index (χ4n) is 1.50. The molecule has 0 radical (unpaired) electrons. The molecule has 0 spiro atoms. The Morgan fingerprint density at radius 2 is 2.28 bits per heavy atom. The molecule has 7 nitrogen and oxygen atoms in total. The average Bonchev–Trinajstić information content (AvgIpc) is 2.74. The third kappa shape index (κ3) is 2.29. The van der Waals surface area contributed by atoms with E-state index in [9.17, 15) is 4.79 Å². The van der Waals surface area contributed by atoms with E-state index in [1.54, 1.807) is 13.3 Å². The van der Waals surface area contributed by atoms with Crippen LogP contribution in [0, 0.1) is 0 Å². The van der Waals surface area contributed by atoms with Gasteiger partial charge in [-0.1, -0.05) is 6.58 Å². The number of nitrogen functional groups attached to an aromatic ring is 1. The topological polar surface area (TPSA) is 98.7 Å². The van der Waals surface area contributed by atoms with Gasteiger partial charge in [-0.05, 0) is 6.92 Å². The maximum absolute atomic E-state index is 11.3. The molecule has 1 amide bonds. The van der Waals surface area contributed by atoms with Crippen molar-refractivity contribution in [1.29, 1.82) is 0 Å². The van der Waals surface area contributed by atoms with Gasteiger partial charge >= 0.3 is 0 Å². The number of hydrogen-bond acceptors (Lipinski definition) is 5. The molecule has 3 N–H and O–H groups in total. The maximum Gasteiger partial charge on any atom is 0.246 e. The summed E-state index contributed by atoms with van der Waals surface area (Å²) in [5.74, 6) is 0.193. The number of aromatic nitrogens is 4. The Labute approximate surface area is 104 Å². The van der Waals surface area contributed by atoms with Crippen molar-refractivity contribution < 1.29 is 4.79 Å². The van der Waals surface area contributed by atoms with Crippen molar-refractivity contribution in [2.24, 2.45) is 0 Å². The first-order valence-electron chi connectivity index (χ1n) is 5.44. The summed E-state index contributed by atoms with van der Waals surface area (Å²) in [5.41, 5.74) is 7.39. The third-order valence-electron chi connectivity index (χ3n) is 2.46. The number of hydrogen-bond donors (Lipinski definition) is 2. The molecule has 0 saturated carbocycles. The lowest BCUT2D eigenvalue weighted by atomic mass is 10.3. The van der Waals surface area contributed by atoms with E-state index in [0.29, 0.717) is 35.6 Å². The quantitative estimate of drug-likeness (QED) is 0.745. The van der Waals surface area contributed by atoms with E-state index in [4.69, 9.17) is 5.73 Å². The van der Waals surface area contributed by atoms with Crippen molar-refractivity contribution in [3.63, 3.8) is 0 Å².